The Kier molecular flexibility index (Phi) is 7.53. The third-order valence-corrected chi connectivity index (χ3v) is 11.2. The second kappa shape index (κ2) is 13.2. The number of furan rings is 1. The molecule has 0 saturated carbocycles. The average molecular weight is 714 g/mol. The number of para-hydroxylation sites is 1. The summed E-state index contributed by atoms with van der Waals surface area (Å²) in [4.78, 5) is 2.37. The van der Waals surface area contributed by atoms with E-state index in [2.05, 4.69) is 205 Å². The summed E-state index contributed by atoms with van der Waals surface area (Å²) >= 11 is 0. The molecule has 0 aliphatic heterocycles. The SMILES string of the molecule is c1cc(-c2ccc(-c3ccc4c(ccc5ccccc54)c3)cc2)cc(N(c2ccc(-c3cccc4ccccc34)cc2)c2cccc3oc4ccccc4c23)c1. The van der Waals surface area contributed by atoms with Gasteiger partial charge in [-0.25, -0.2) is 0 Å². The van der Waals surface area contributed by atoms with Crippen LogP contribution in [-0.2, 0) is 0 Å². The van der Waals surface area contributed by atoms with Gasteiger partial charge in [-0.15, -0.1) is 0 Å². The highest BCUT2D eigenvalue weighted by molar-refractivity contribution is 6.13. The molecule has 1 aromatic heterocycles. The van der Waals surface area contributed by atoms with Gasteiger partial charge in [-0.1, -0.05) is 164 Å². The first-order chi connectivity index (χ1) is 27.7. The maximum absolute atomic E-state index is 6.39. The van der Waals surface area contributed by atoms with Crippen LogP contribution in [0, 0.1) is 0 Å². The summed E-state index contributed by atoms with van der Waals surface area (Å²) in [5, 5.41) is 9.79. The molecular weight excluding hydrogens is 679 g/mol. The lowest BCUT2D eigenvalue weighted by Crippen LogP contribution is -2.10. The molecule has 0 bridgehead atoms. The van der Waals surface area contributed by atoms with Crippen molar-refractivity contribution in [3.05, 3.63) is 212 Å². The molecule has 0 aliphatic carbocycles. The van der Waals surface area contributed by atoms with E-state index in [0.717, 1.165) is 44.6 Å². The van der Waals surface area contributed by atoms with Gasteiger partial charge in [0.2, 0.25) is 0 Å². The zero-order chi connectivity index (χ0) is 37.0. The predicted octanol–water partition coefficient (Wildman–Crippen LogP) is 15.5. The molecule has 0 radical (unpaired) electrons. The van der Waals surface area contributed by atoms with Crippen molar-refractivity contribution in [3.63, 3.8) is 0 Å². The minimum atomic E-state index is 0.870. The summed E-state index contributed by atoms with van der Waals surface area (Å²) in [6.07, 6.45) is 0. The first kappa shape index (κ1) is 32.0. The van der Waals surface area contributed by atoms with Crippen molar-refractivity contribution in [1.82, 2.24) is 0 Å². The highest BCUT2D eigenvalue weighted by Gasteiger charge is 2.20. The van der Waals surface area contributed by atoms with Gasteiger partial charge in [-0.2, -0.15) is 0 Å². The van der Waals surface area contributed by atoms with Crippen molar-refractivity contribution in [3.8, 4) is 33.4 Å². The van der Waals surface area contributed by atoms with Gasteiger partial charge >= 0.3 is 0 Å². The van der Waals surface area contributed by atoms with Crippen molar-refractivity contribution in [2.24, 2.45) is 0 Å². The third kappa shape index (κ3) is 5.42. The second-order valence-corrected chi connectivity index (χ2v) is 14.5. The standard InChI is InChI=1S/C54H35NO/c1-3-15-46-38(10-1)12-8-18-48(46)40-28-31-44(32-29-40)55(51-19-9-21-53-54(51)50-17-5-6-20-52(50)56-53)45-14-7-13-41(35-45)36-22-24-37(25-23-36)42-30-33-49-43(34-42)27-26-39-11-2-4-16-47(39)49/h1-35H. The van der Waals surface area contributed by atoms with E-state index >= 15 is 0 Å². The fourth-order valence-corrected chi connectivity index (χ4v) is 8.51. The van der Waals surface area contributed by atoms with Crippen molar-refractivity contribution in [2.75, 3.05) is 4.90 Å². The van der Waals surface area contributed by atoms with E-state index in [9.17, 15) is 0 Å². The normalized spacial score (nSPS) is 11.6. The van der Waals surface area contributed by atoms with Crippen LogP contribution in [0.5, 0.6) is 0 Å². The summed E-state index contributed by atoms with van der Waals surface area (Å²) in [6.45, 7) is 0. The van der Waals surface area contributed by atoms with E-state index < -0.39 is 0 Å². The van der Waals surface area contributed by atoms with Gasteiger partial charge in [0.25, 0.3) is 0 Å². The Morgan fingerprint density at radius 2 is 0.875 bits per heavy atom. The second-order valence-electron chi connectivity index (χ2n) is 14.5. The Labute approximate surface area is 325 Å². The Morgan fingerprint density at radius 1 is 0.304 bits per heavy atom. The molecule has 0 N–H and O–H groups in total. The van der Waals surface area contributed by atoms with Crippen LogP contribution in [0.1, 0.15) is 0 Å². The summed E-state index contributed by atoms with van der Waals surface area (Å²) in [7, 11) is 0. The van der Waals surface area contributed by atoms with Gasteiger partial charge < -0.3 is 9.32 Å². The Bertz CT molecular complexity index is 3240. The Morgan fingerprint density at radius 3 is 1.70 bits per heavy atom. The molecular formula is C54H35NO. The molecule has 10 aromatic carbocycles. The van der Waals surface area contributed by atoms with Gasteiger partial charge in [0.1, 0.15) is 11.2 Å². The van der Waals surface area contributed by atoms with Gasteiger partial charge in [0.05, 0.1) is 11.1 Å². The number of fused-ring (bicyclic) bond motifs is 7. The van der Waals surface area contributed by atoms with Crippen LogP contribution < -0.4 is 4.90 Å². The number of anilines is 3. The summed E-state index contributed by atoms with van der Waals surface area (Å²) in [5.41, 5.74) is 12.1. The molecule has 2 heteroatoms. The number of rotatable bonds is 6. The van der Waals surface area contributed by atoms with E-state index in [1.807, 2.05) is 12.1 Å². The van der Waals surface area contributed by atoms with Crippen molar-refractivity contribution in [1.29, 1.82) is 0 Å². The monoisotopic (exact) mass is 713 g/mol. The van der Waals surface area contributed by atoms with Gasteiger partial charge in [0.15, 0.2) is 0 Å². The number of nitrogens with zero attached hydrogens (tertiary/aromatic N) is 1. The average Bonchev–Trinajstić information content (AvgIpc) is 3.66. The number of hydrogen-bond donors (Lipinski definition) is 0. The molecule has 1 heterocycles. The first-order valence-electron chi connectivity index (χ1n) is 19.2. The summed E-state index contributed by atoms with van der Waals surface area (Å²) < 4.78 is 6.39. The Hall–Kier alpha value is -7.42. The van der Waals surface area contributed by atoms with Crippen LogP contribution >= 0.6 is 0 Å². The predicted molar refractivity (Wildman–Crippen MR) is 237 cm³/mol. The number of benzene rings is 10. The highest BCUT2D eigenvalue weighted by Crippen LogP contribution is 2.44. The number of hydrogen-bond acceptors (Lipinski definition) is 2. The van der Waals surface area contributed by atoms with Gasteiger partial charge in [-0.3, -0.25) is 0 Å². The lowest BCUT2D eigenvalue weighted by atomic mass is 9.96. The van der Waals surface area contributed by atoms with Crippen LogP contribution in [0.25, 0.3) is 87.6 Å². The molecule has 0 spiro atoms. The van der Waals surface area contributed by atoms with E-state index in [4.69, 9.17) is 4.42 Å². The minimum Gasteiger partial charge on any atom is -0.456 e. The zero-order valence-corrected chi connectivity index (χ0v) is 30.6. The molecule has 11 rings (SSSR count). The quantitative estimate of drug-likeness (QED) is 0.160. The lowest BCUT2D eigenvalue weighted by molar-refractivity contribution is 0.669. The molecule has 0 unspecified atom stereocenters. The van der Waals surface area contributed by atoms with Gasteiger partial charge in [-0.05, 0) is 114 Å². The first-order valence-corrected chi connectivity index (χ1v) is 19.2. The molecule has 56 heavy (non-hydrogen) atoms. The molecule has 0 atom stereocenters. The molecule has 0 amide bonds. The van der Waals surface area contributed by atoms with Gasteiger partial charge in [0, 0.05) is 16.8 Å². The molecule has 0 aliphatic rings. The van der Waals surface area contributed by atoms with Crippen LogP contribution in [0.15, 0.2) is 217 Å². The summed E-state index contributed by atoms with van der Waals surface area (Å²) in [6, 6.07) is 76.5. The topological polar surface area (TPSA) is 16.4 Å². The molecule has 0 saturated heterocycles. The van der Waals surface area contributed by atoms with E-state index in [1.165, 1.54) is 60.1 Å². The third-order valence-electron chi connectivity index (χ3n) is 11.2. The minimum absolute atomic E-state index is 0.870. The van der Waals surface area contributed by atoms with Crippen LogP contribution in [0.4, 0.5) is 17.1 Å². The molecule has 11 aromatic rings. The van der Waals surface area contributed by atoms with Crippen molar-refractivity contribution in [2.45, 2.75) is 0 Å². The zero-order valence-electron chi connectivity index (χ0n) is 30.6. The maximum Gasteiger partial charge on any atom is 0.137 e. The van der Waals surface area contributed by atoms with Crippen LogP contribution in [-0.4, -0.2) is 0 Å². The molecule has 262 valence electrons. The highest BCUT2D eigenvalue weighted by atomic mass is 16.3. The van der Waals surface area contributed by atoms with Crippen LogP contribution in [0.3, 0.4) is 0 Å². The van der Waals surface area contributed by atoms with E-state index in [-0.39, 0.29) is 0 Å². The van der Waals surface area contributed by atoms with Crippen molar-refractivity contribution >= 4 is 71.3 Å². The Balaban J connectivity index is 1.00. The lowest BCUT2D eigenvalue weighted by Gasteiger charge is -2.27. The molecule has 0 fully saturated rings. The fraction of sp³-hybridized carbons (Fsp3) is 0. The van der Waals surface area contributed by atoms with Crippen molar-refractivity contribution < 1.29 is 4.42 Å². The van der Waals surface area contributed by atoms with E-state index in [0.29, 0.717) is 0 Å². The van der Waals surface area contributed by atoms with E-state index in [1.54, 1.807) is 0 Å². The smallest absolute Gasteiger partial charge is 0.137 e. The molecule has 2 nitrogen and oxygen atoms in total. The fourth-order valence-electron chi connectivity index (χ4n) is 8.51. The van der Waals surface area contributed by atoms with Crippen LogP contribution in [0.2, 0.25) is 0 Å². The summed E-state index contributed by atoms with van der Waals surface area (Å²) in [5.74, 6) is 0. The largest absolute Gasteiger partial charge is 0.456 e. The maximum atomic E-state index is 6.39.